The van der Waals surface area contributed by atoms with Gasteiger partial charge in [0.25, 0.3) is 0 Å². The van der Waals surface area contributed by atoms with Crippen LogP contribution in [0.25, 0.3) is 0 Å². The Morgan fingerprint density at radius 2 is 1.91 bits per heavy atom. The summed E-state index contributed by atoms with van der Waals surface area (Å²) in [4.78, 5) is 0. The second-order valence-corrected chi connectivity index (χ2v) is 6.09. The molecule has 1 unspecified atom stereocenters. The zero-order valence-corrected chi connectivity index (χ0v) is 13.3. The number of methoxy groups -OCH3 is 1. The number of hydrogen-bond acceptors (Lipinski definition) is 2. The molecule has 2 aromatic rings. The number of ether oxygens (including phenoxy) is 1. The molecule has 0 fully saturated rings. The van der Waals surface area contributed by atoms with Crippen LogP contribution in [-0.4, -0.2) is 20.2 Å². The summed E-state index contributed by atoms with van der Waals surface area (Å²) in [7, 11) is 1.71. The van der Waals surface area contributed by atoms with E-state index < -0.39 is 0 Å². The molecule has 0 amide bonds. The quantitative estimate of drug-likeness (QED) is 0.815. The Hall–Kier alpha value is -1.80. The van der Waals surface area contributed by atoms with Crippen LogP contribution in [0.4, 0.5) is 0 Å². The van der Waals surface area contributed by atoms with Gasteiger partial charge in [0.05, 0.1) is 7.11 Å². The van der Waals surface area contributed by atoms with Crippen LogP contribution in [0.2, 0.25) is 0 Å². The zero-order valence-electron chi connectivity index (χ0n) is 13.3. The summed E-state index contributed by atoms with van der Waals surface area (Å²) in [5.41, 5.74) is 4.47. The van der Waals surface area contributed by atoms with Crippen LogP contribution in [0.1, 0.15) is 35.4 Å². The molecule has 0 bridgehead atoms. The van der Waals surface area contributed by atoms with Gasteiger partial charge in [0.2, 0.25) is 0 Å². The van der Waals surface area contributed by atoms with Crippen molar-refractivity contribution in [2.24, 2.45) is 0 Å². The van der Waals surface area contributed by atoms with Crippen LogP contribution in [0.5, 0.6) is 5.75 Å². The Bertz CT molecular complexity index is 591. The molecule has 0 aliphatic heterocycles. The van der Waals surface area contributed by atoms with Gasteiger partial charge in [-0.2, -0.15) is 0 Å². The smallest absolute Gasteiger partial charge is 0.118 e. The highest BCUT2D eigenvalue weighted by atomic mass is 16.5. The minimum Gasteiger partial charge on any atom is -0.497 e. The lowest BCUT2D eigenvalue weighted by Crippen LogP contribution is -2.26. The molecular formula is C20H25NO. The highest BCUT2D eigenvalue weighted by Gasteiger charge is 2.18. The van der Waals surface area contributed by atoms with E-state index in [0.29, 0.717) is 5.92 Å². The predicted octanol–water partition coefficient (Wildman–Crippen LogP) is 3.95. The fourth-order valence-corrected chi connectivity index (χ4v) is 3.37. The van der Waals surface area contributed by atoms with Crippen LogP contribution in [0, 0.1) is 0 Å². The number of nitrogens with one attached hydrogen (secondary N) is 1. The lowest BCUT2D eigenvalue weighted by molar-refractivity contribution is 0.414. The zero-order chi connectivity index (χ0) is 15.2. The van der Waals surface area contributed by atoms with Crippen molar-refractivity contribution in [3.8, 4) is 5.75 Å². The molecule has 0 aromatic heterocycles. The van der Waals surface area contributed by atoms with Gasteiger partial charge in [0.1, 0.15) is 5.75 Å². The first-order chi connectivity index (χ1) is 10.9. The van der Waals surface area contributed by atoms with Gasteiger partial charge in [0, 0.05) is 6.54 Å². The monoisotopic (exact) mass is 295 g/mol. The summed E-state index contributed by atoms with van der Waals surface area (Å²) in [6.07, 6.45) is 4.95. The van der Waals surface area contributed by atoms with Crippen LogP contribution in [0.3, 0.4) is 0 Å². The van der Waals surface area contributed by atoms with Crippen molar-refractivity contribution >= 4 is 0 Å². The lowest BCUT2D eigenvalue weighted by Gasteiger charge is -2.25. The molecule has 0 spiro atoms. The average molecular weight is 295 g/mol. The van der Waals surface area contributed by atoms with Crippen molar-refractivity contribution in [3.63, 3.8) is 0 Å². The second-order valence-electron chi connectivity index (χ2n) is 6.09. The van der Waals surface area contributed by atoms with E-state index in [1.165, 1.54) is 24.8 Å². The molecule has 2 aromatic carbocycles. The predicted molar refractivity (Wildman–Crippen MR) is 91.7 cm³/mol. The van der Waals surface area contributed by atoms with Crippen molar-refractivity contribution in [3.05, 3.63) is 65.2 Å². The fourth-order valence-electron chi connectivity index (χ4n) is 3.37. The van der Waals surface area contributed by atoms with Gasteiger partial charge in [-0.25, -0.2) is 0 Å². The van der Waals surface area contributed by atoms with Crippen molar-refractivity contribution in [1.82, 2.24) is 5.32 Å². The Labute approximate surface area is 133 Å². The molecule has 0 radical (unpaired) electrons. The number of benzene rings is 2. The number of rotatable bonds is 6. The molecule has 1 aliphatic carbocycles. The summed E-state index contributed by atoms with van der Waals surface area (Å²) in [5, 5.41) is 3.64. The molecule has 0 heterocycles. The summed E-state index contributed by atoms with van der Waals surface area (Å²) < 4.78 is 5.19. The van der Waals surface area contributed by atoms with Gasteiger partial charge in [-0.1, -0.05) is 36.4 Å². The van der Waals surface area contributed by atoms with E-state index in [1.54, 1.807) is 18.2 Å². The third kappa shape index (κ3) is 3.69. The topological polar surface area (TPSA) is 21.3 Å². The molecule has 0 saturated carbocycles. The average Bonchev–Trinajstić information content (AvgIpc) is 2.59. The first-order valence-corrected chi connectivity index (χ1v) is 8.28. The highest BCUT2D eigenvalue weighted by Crippen LogP contribution is 2.30. The standard InChI is InChI=1S/C20H25NO/c1-22-19-11-9-16(10-12-19)13-14-21-15-18-7-4-6-17-5-2-3-8-20(17)18/h2-3,5,8-12,18,21H,4,6-7,13-15H2,1H3. The van der Waals surface area contributed by atoms with Crippen molar-refractivity contribution in [2.75, 3.05) is 20.2 Å². The molecular weight excluding hydrogens is 270 g/mol. The van der Waals surface area contributed by atoms with Crippen LogP contribution < -0.4 is 10.1 Å². The van der Waals surface area contributed by atoms with E-state index in [2.05, 4.69) is 41.7 Å². The maximum atomic E-state index is 5.19. The molecule has 116 valence electrons. The Morgan fingerprint density at radius 1 is 1.09 bits per heavy atom. The second kappa shape index (κ2) is 7.46. The van der Waals surface area contributed by atoms with Gasteiger partial charge < -0.3 is 10.1 Å². The van der Waals surface area contributed by atoms with Crippen molar-refractivity contribution < 1.29 is 4.74 Å². The van der Waals surface area contributed by atoms with E-state index in [9.17, 15) is 0 Å². The van der Waals surface area contributed by atoms with Gasteiger partial charge in [-0.05, 0) is 67.0 Å². The van der Waals surface area contributed by atoms with Gasteiger partial charge in [-0.3, -0.25) is 0 Å². The Balaban J connectivity index is 1.47. The summed E-state index contributed by atoms with van der Waals surface area (Å²) in [6.45, 7) is 2.12. The highest BCUT2D eigenvalue weighted by molar-refractivity contribution is 5.33. The third-order valence-electron chi connectivity index (χ3n) is 4.63. The summed E-state index contributed by atoms with van der Waals surface area (Å²) >= 11 is 0. The van der Waals surface area contributed by atoms with Crippen LogP contribution in [-0.2, 0) is 12.8 Å². The Kier molecular flexibility index (Phi) is 5.12. The molecule has 3 rings (SSSR count). The molecule has 1 atom stereocenters. The minimum atomic E-state index is 0.681. The van der Waals surface area contributed by atoms with Gasteiger partial charge in [0.15, 0.2) is 0 Å². The molecule has 1 N–H and O–H groups in total. The normalized spacial score (nSPS) is 17.0. The van der Waals surface area contributed by atoms with E-state index in [-0.39, 0.29) is 0 Å². The fraction of sp³-hybridized carbons (Fsp3) is 0.400. The first-order valence-electron chi connectivity index (χ1n) is 8.28. The lowest BCUT2D eigenvalue weighted by atomic mass is 9.83. The van der Waals surface area contributed by atoms with Crippen molar-refractivity contribution in [2.45, 2.75) is 31.6 Å². The van der Waals surface area contributed by atoms with E-state index in [0.717, 1.165) is 25.3 Å². The largest absolute Gasteiger partial charge is 0.497 e. The summed E-state index contributed by atoms with van der Waals surface area (Å²) in [5.74, 6) is 1.61. The van der Waals surface area contributed by atoms with Crippen LogP contribution >= 0.6 is 0 Å². The molecule has 2 nitrogen and oxygen atoms in total. The molecule has 1 aliphatic rings. The van der Waals surface area contributed by atoms with Crippen LogP contribution in [0.15, 0.2) is 48.5 Å². The molecule has 22 heavy (non-hydrogen) atoms. The minimum absolute atomic E-state index is 0.681. The Morgan fingerprint density at radius 3 is 2.73 bits per heavy atom. The third-order valence-corrected chi connectivity index (χ3v) is 4.63. The van der Waals surface area contributed by atoms with E-state index in [1.807, 2.05) is 12.1 Å². The summed E-state index contributed by atoms with van der Waals surface area (Å²) in [6, 6.07) is 17.3. The van der Waals surface area contributed by atoms with E-state index >= 15 is 0 Å². The maximum Gasteiger partial charge on any atom is 0.118 e. The molecule has 2 heteroatoms. The van der Waals surface area contributed by atoms with Gasteiger partial charge in [-0.15, -0.1) is 0 Å². The maximum absolute atomic E-state index is 5.19. The molecule has 0 saturated heterocycles. The van der Waals surface area contributed by atoms with Crippen molar-refractivity contribution in [1.29, 1.82) is 0 Å². The SMILES string of the molecule is COc1ccc(CCNCC2CCCc3ccccc32)cc1. The number of hydrogen-bond donors (Lipinski definition) is 1. The number of fused-ring (bicyclic) bond motifs is 1. The number of aryl methyl sites for hydroxylation is 1. The first kappa shape index (κ1) is 15.1. The van der Waals surface area contributed by atoms with E-state index in [4.69, 9.17) is 4.74 Å². The van der Waals surface area contributed by atoms with Gasteiger partial charge >= 0.3 is 0 Å².